The molecule has 0 unspecified atom stereocenters. The molecule has 24 heavy (non-hydrogen) atoms. The van der Waals surface area contributed by atoms with Crippen LogP contribution in [0.15, 0.2) is 22.6 Å². The summed E-state index contributed by atoms with van der Waals surface area (Å²) in [6, 6.07) is 5.90. The summed E-state index contributed by atoms with van der Waals surface area (Å²) in [6.45, 7) is 5.16. The molecule has 0 aliphatic carbocycles. The predicted octanol–water partition coefficient (Wildman–Crippen LogP) is 1.67. The maximum Gasteiger partial charge on any atom is 0.227 e. The van der Waals surface area contributed by atoms with Gasteiger partial charge >= 0.3 is 0 Å². The second-order valence-corrected chi connectivity index (χ2v) is 6.46. The van der Waals surface area contributed by atoms with Crippen molar-refractivity contribution in [1.82, 2.24) is 9.97 Å². The molecule has 2 aliphatic rings. The highest BCUT2D eigenvalue weighted by Crippen LogP contribution is 2.28. The SMILES string of the molecule is Cc1ccc(CNc2cc([C@@H]3CCOC3)nc(N3CC(O)C3)n2)o1. The molecule has 2 aliphatic heterocycles. The van der Waals surface area contributed by atoms with Crippen LogP contribution in [-0.2, 0) is 11.3 Å². The highest BCUT2D eigenvalue weighted by Gasteiger charge is 2.28. The Kier molecular flexibility index (Phi) is 4.12. The lowest BCUT2D eigenvalue weighted by Gasteiger charge is -2.36. The molecular weight excluding hydrogens is 308 g/mol. The Morgan fingerprint density at radius 1 is 1.33 bits per heavy atom. The number of nitrogens with one attached hydrogen (secondary N) is 1. The van der Waals surface area contributed by atoms with E-state index in [1.165, 1.54) is 0 Å². The number of hydrogen-bond acceptors (Lipinski definition) is 7. The summed E-state index contributed by atoms with van der Waals surface area (Å²) in [7, 11) is 0. The molecule has 7 nitrogen and oxygen atoms in total. The highest BCUT2D eigenvalue weighted by atomic mass is 16.5. The number of hydrogen-bond donors (Lipinski definition) is 2. The Bertz CT molecular complexity index is 706. The predicted molar refractivity (Wildman–Crippen MR) is 89.2 cm³/mol. The first-order valence-corrected chi connectivity index (χ1v) is 8.36. The van der Waals surface area contributed by atoms with Gasteiger partial charge in [-0.3, -0.25) is 0 Å². The zero-order valence-corrected chi connectivity index (χ0v) is 13.7. The van der Waals surface area contributed by atoms with Gasteiger partial charge in [0, 0.05) is 31.7 Å². The number of β-amino-alcohol motifs (C(OH)–C–C–N with tert-alkyl or cyclic N) is 1. The minimum Gasteiger partial charge on any atom is -0.465 e. The molecule has 7 heteroatoms. The Morgan fingerprint density at radius 2 is 2.21 bits per heavy atom. The van der Waals surface area contributed by atoms with Gasteiger partial charge in [0.1, 0.15) is 17.3 Å². The first kappa shape index (κ1) is 15.4. The van der Waals surface area contributed by atoms with Gasteiger partial charge in [-0.05, 0) is 25.5 Å². The van der Waals surface area contributed by atoms with Gasteiger partial charge in [-0.2, -0.15) is 4.98 Å². The fraction of sp³-hybridized carbons (Fsp3) is 0.529. The van der Waals surface area contributed by atoms with E-state index in [2.05, 4.69) is 10.3 Å². The standard InChI is InChI=1S/C17H22N4O3/c1-11-2-3-14(24-11)7-18-16-6-15(12-4-5-23-10-12)19-17(20-16)21-8-13(22)9-21/h2-3,6,12-13,22H,4-5,7-10H2,1H3,(H,18,19,20)/t12-/m1/s1. The van der Waals surface area contributed by atoms with Gasteiger partial charge in [0.15, 0.2) is 0 Å². The first-order valence-electron chi connectivity index (χ1n) is 8.36. The molecule has 0 radical (unpaired) electrons. The quantitative estimate of drug-likeness (QED) is 0.863. The third-order valence-electron chi connectivity index (χ3n) is 4.47. The van der Waals surface area contributed by atoms with Crippen molar-refractivity contribution in [2.45, 2.75) is 31.9 Å². The molecule has 2 aromatic heterocycles. The van der Waals surface area contributed by atoms with E-state index >= 15 is 0 Å². The van der Waals surface area contributed by atoms with E-state index in [-0.39, 0.29) is 6.10 Å². The average molecular weight is 330 g/mol. The van der Waals surface area contributed by atoms with Crippen molar-refractivity contribution in [3.8, 4) is 0 Å². The van der Waals surface area contributed by atoms with E-state index in [4.69, 9.17) is 14.1 Å². The monoisotopic (exact) mass is 330 g/mol. The molecule has 0 saturated carbocycles. The number of anilines is 2. The lowest BCUT2D eigenvalue weighted by molar-refractivity contribution is 0.140. The van der Waals surface area contributed by atoms with Crippen LogP contribution in [0, 0.1) is 6.92 Å². The highest BCUT2D eigenvalue weighted by molar-refractivity contribution is 5.46. The second-order valence-electron chi connectivity index (χ2n) is 6.46. The third kappa shape index (κ3) is 3.22. The van der Waals surface area contributed by atoms with Gasteiger partial charge in [0.05, 0.1) is 24.9 Å². The number of aryl methyl sites for hydroxylation is 1. The molecule has 0 bridgehead atoms. The molecule has 0 amide bonds. The lowest BCUT2D eigenvalue weighted by Crippen LogP contribution is -2.51. The van der Waals surface area contributed by atoms with Crippen molar-refractivity contribution < 1.29 is 14.3 Å². The number of furan rings is 1. The average Bonchev–Trinajstić information content (AvgIpc) is 3.21. The van der Waals surface area contributed by atoms with Crippen molar-refractivity contribution in [3.63, 3.8) is 0 Å². The van der Waals surface area contributed by atoms with Crippen molar-refractivity contribution in [1.29, 1.82) is 0 Å². The Hall–Kier alpha value is -2.12. The van der Waals surface area contributed by atoms with Crippen LogP contribution in [0.1, 0.15) is 29.6 Å². The number of ether oxygens (including phenoxy) is 1. The molecule has 1 atom stereocenters. The summed E-state index contributed by atoms with van der Waals surface area (Å²) in [5.41, 5.74) is 0.997. The van der Waals surface area contributed by atoms with Crippen molar-refractivity contribution in [2.75, 3.05) is 36.5 Å². The van der Waals surface area contributed by atoms with Crippen LogP contribution in [-0.4, -0.2) is 47.5 Å². The van der Waals surface area contributed by atoms with Crippen LogP contribution in [0.25, 0.3) is 0 Å². The molecule has 4 heterocycles. The number of nitrogens with zero attached hydrogens (tertiary/aromatic N) is 3. The van der Waals surface area contributed by atoms with Crippen LogP contribution >= 0.6 is 0 Å². The summed E-state index contributed by atoms with van der Waals surface area (Å²) in [5.74, 6) is 3.52. The van der Waals surface area contributed by atoms with Crippen molar-refractivity contribution in [3.05, 3.63) is 35.4 Å². The summed E-state index contributed by atoms with van der Waals surface area (Å²) in [6.07, 6.45) is 0.699. The molecule has 0 aromatic carbocycles. The lowest BCUT2D eigenvalue weighted by atomic mass is 10.0. The molecule has 2 saturated heterocycles. The van der Waals surface area contributed by atoms with E-state index in [0.717, 1.165) is 36.1 Å². The van der Waals surface area contributed by atoms with Crippen LogP contribution in [0.2, 0.25) is 0 Å². The summed E-state index contributed by atoms with van der Waals surface area (Å²) < 4.78 is 11.1. The summed E-state index contributed by atoms with van der Waals surface area (Å²) in [4.78, 5) is 11.3. The first-order chi connectivity index (χ1) is 11.7. The Morgan fingerprint density at radius 3 is 2.88 bits per heavy atom. The number of aliphatic hydroxyl groups excluding tert-OH is 1. The Balaban J connectivity index is 1.54. The number of aliphatic hydroxyl groups is 1. The van der Waals surface area contributed by atoms with Gasteiger partial charge in [-0.1, -0.05) is 0 Å². The molecule has 2 aromatic rings. The van der Waals surface area contributed by atoms with Gasteiger partial charge in [-0.25, -0.2) is 4.98 Å². The maximum atomic E-state index is 9.54. The summed E-state index contributed by atoms with van der Waals surface area (Å²) >= 11 is 0. The molecular formula is C17H22N4O3. The normalized spacial score (nSPS) is 21.1. The largest absolute Gasteiger partial charge is 0.465 e. The second kappa shape index (κ2) is 6.41. The maximum absolute atomic E-state index is 9.54. The van der Waals surface area contributed by atoms with Crippen molar-refractivity contribution >= 4 is 11.8 Å². The molecule has 128 valence electrons. The van der Waals surface area contributed by atoms with E-state index in [1.807, 2.05) is 30.0 Å². The number of aromatic nitrogens is 2. The molecule has 2 N–H and O–H groups in total. The van der Waals surface area contributed by atoms with E-state index < -0.39 is 0 Å². The minimum absolute atomic E-state index is 0.283. The van der Waals surface area contributed by atoms with Crippen LogP contribution in [0.4, 0.5) is 11.8 Å². The topological polar surface area (TPSA) is 83.7 Å². The molecule has 2 fully saturated rings. The molecule has 4 rings (SSSR count). The van der Waals surface area contributed by atoms with E-state index in [1.54, 1.807) is 0 Å². The number of rotatable bonds is 5. The fourth-order valence-electron chi connectivity index (χ4n) is 3.04. The van der Waals surface area contributed by atoms with Gasteiger partial charge < -0.3 is 24.5 Å². The third-order valence-corrected chi connectivity index (χ3v) is 4.47. The smallest absolute Gasteiger partial charge is 0.227 e. The zero-order chi connectivity index (χ0) is 16.5. The molecule has 0 spiro atoms. The van der Waals surface area contributed by atoms with Crippen LogP contribution in [0.3, 0.4) is 0 Å². The summed E-state index contributed by atoms with van der Waals surface area (Å²) in [5, 5.41) is 12.9. The van der Waals surface area contributed by atoms with Crippen LogP contribution < -0.4 is 10.2 Å². The van der Waals surface area contributed by atoms with E-state index in [0.29, 0.717) is 38.1 Å². The van der Waals surface area contributed by atoms with Gasteiger partial charge in [-0.15, -0.1) is 0 Å². The minimum atomic E-state index is -0.283. The van der Waals surface area contributed by atoms with Crippen LogP contribution in [0.5, 0.6) is 0 Å². The fourth-order valence-corrected chi connectivity index (χ4v) is 3.04. The van der Waals surface area contributed by atoms with Gasteiger partial charge in [0.25, 0.3) is 0 Å². The zero-order valence-electron chi connectivity index (χ0n) is 13.7. The van der Waals surface area contributed by atoms with Crippen molar-refractivity contribution in [2.24, 2.45) is 0 Å². The van der Waals surface area contributed by atoms with E-state index in [9.17, 15) is 5.11 Å². The Labute approximate surface area is 140 Å². The van der Waals surface area contributed by atoms with Gasteiger partial charge in [0.2, 0.25) is 5.95 Å².